The predicted molar refractivity (Wildman–Crippen MR) is 91.7 cm³/mol. The maximum Gasteiger partial charge on any atom is 0.314 e. The molecule has 0 aliphatic heterocycles. The van der Waals surface area contributed by atoms with E-state index in [-0.39, 0.29) is 30.0 Å². The van der Waals surface area contributed by atoms with Gasteiger partial charge in [-0.15, -0.1) is 0 Å². The molecule has 136 valence electrons. The number of hydrogen-bond acceptors (Lipinski definition) is 5. The minimum Gasteiger partial charge on any atom is -0.496 e. The number of nitro benzene ring substituents is 1. The fourth-order valence-corrected chi connectivity index (χ4v) is 4.34. The number of nitrogens with one attached hydrogen (secondary N) is 1. The monoisotopic (exact) mass is 348 g/mol. The Kier molecular flexibility index (Phi) is 5.11. The van der Waals surface area contributed by atoms with E-state index in [1.165, 1.54) is 44.9 Å². The number of amides is 1. The van der Waals surface area contributed by atoms with Crippen LogP contribution in [0.3, 0.4) is 0 Å². The number of carbonyl (C=O) groups excluding carboxylic acids is 1. The van der Waals surface area contributed by atoms with Crippen LogP contribution in [0, 0.1) is 27.9 Å². The van der Waals surface area contributed by atoms with Crippen LogP contribution in [0.5, 0.6) is 11.5 Å². The lowest BCUT2D eigenvalue weighted by Crippen LogP contribution is -2.42. The minimum atomic E-state index is -0.548. The standard InChI is InChI=1S/C18H24N2O5/c1-11(15-8-12-3-4-13(15)7-12)19-18(21)10-25-17-6-5-14(24-2)9-16(17)20(22)23/h5-6,9,11-13,15H,3-4,7-8,10H2,1-2H3,(H,19,21). The Hall–Kier alpha value is -2.31. The maximum atomic E-state index is 12.2. The Bertz CT molecular complexity index is 663. The van der Waals surface area contributed by atoms with Gasteiger partial charge in [-0.3, -0.25) is 14.9 Å². The molecule has 0 heterocycles. The van der Waals surface area contributed by atoms with Gasteiger partial charge in [0.2, 0.25) is 0 Å². The summed E-state index contributed by atoms with van der Waals surface area (Å²) in [5.74, 6) is 2.27. The Labute approximate surface area is 146 Å². The summed E-state index contributed by atoms with van der Waals surface area (Å²) in [6.45, 7) is 1.80. The third kappa shape index (κ3) is 3.86. The van der Waals surface area contributed by atoms with Gasteiger partial charge in [0, 0.05) is 6.04 Å². The molecule has 0 saturated heterocycles. The highest BCUT2D eigenvalue weighted by Crippen LogP contribution is 2.49. The lowest BCUT2D eigenvalue weighted by Gasteiger charge is -2.28. The number of benzene rings is 1. The van der Waals surface area contributed by atoms with Gasteiger partial charge in [0.25, 0.3) is 5.91 Å². The average molecular weight is 348 g/mol. The van der Waals surface area contributed by atoms with Crippen LogP contribution in [0.2, 0.25) is 0 Å². The summed E-state index contributed by atoms with van der Waals surface area (Å²) < 4.78 is 10.4. The van der Waals surface area contributed by atoms with Gasteiger partial charge in [-0.2, -0.15) is 0 Å². The van der Waals surface area contributed by atoms with Crippen molar-refractivity contribution in [1.82, 2.24) is 5.32 Å². The van der Waals surface area contributed by atoms with Crippen LogP contribution in [0.1, 0.15) is 32.6 Å². The Morgan fingerprint density at radius 2 is 2.20 bits per heavy atom. The van der Waals surface area contributed by atoms with Crippen LogP contribution >= 0.6 is 0 Å². The lowest BCUT2D eigenvalue weighted by molar-refractivity contribution is -0.385. The van der Waals surface area contributed by atoms with Crippen LogP contribution in [0.4, 0.5) is 5.69 Å². The summed E-state index contributed by atoms with van der Waals surface area (Å²) in [5, 5.41) is 14.1. The second-order valence-corrected chi connectivity index (χ2v) is 7.07. The van der Waals surface area contributed by atoms with Crippen LogP contribution in [0.15, 0.2) is 18.2 Å². The number of carbonyl (C=O) groups is 1. The molecule has 0 aromatic heterocycles. The molecule has 4 unspecified atom stereocenters. The summed E-state index contributed by atoms with van der Waals surface area (Å²) in [6, 6.07) is 4.41. The van der Waals surface area contributed by atoms with Crippen molar-refractivity contribution in [2.45, 2.75) is 38.6 Å². The minimum absolute atomic E-state index is 0.0635. The third-order valence-corrected chi connectivity index (χ3v) is 5.55. The molecule has 4 atom stereocenters. The highest BCUT2D eigenvalue weighted by atomic mass is 16.6. The fraction of sp³-hybridized carbons (Fsp3) is 0.611. The first-order valence-electron chi connectivity index (χ1n) is 8.72. The molecule has 2 aliphatic rings. The molecule has 1 amide bonds. The van der Waals surface area contributed by atoms with Crippen molar-refractivity contribution < 1.29 is 19.2 Å². The zero-order chi connectivity index (χ0) is 18.0. The zero-order valence-corrected chi connectivity index (χ0v) is 14.6. The van der Waals surface area contributed by atoms with Gasteiger partial charge in [-0.1, -0.05) is 6.42 Å². The van der Waals surface area contributed by atoms with E-state index >= 15 is 0 Å². The summed E-state index contributed by atoms with van der Waals surface area (Å²) in [4.78, 5) is 22.7. The molecule has 1 aromatic rings. The average Bonchev–Trinajstić information content (AvgIpc) is 3.23. The Balaban J connectivity index is 1.54. The molecule has 7 heteroatoms. The molecular weight excluding hydrogens is 324 g/mol. The lowest BCUT2D eigenvalue weighted by atomic mass is 9.84. The number of methoxy groups -OCH3 is 1. The van der Waals surface area contributed by atoms with Gasteiger partial charge in [0.05, 0.1) is 18.1 Å². The van der Waals surface area contributed by atoms with E-state index in [0.29, 0.717) is 11.7 Å². The van der Waals surface area contributed by atoms with Gasteiger partial charge >= 0.3 is 5.69 Å². The van der Waals surface area contributed by atoms with E-state index in [9.17, 15) is 14.9 Å². The normalized spacial score (nSPS) is 25.4. The first-order chi connectivity index (χ1) is 12.0. The second-order valence-electron chi connectivity index (χ2n) is 7.07. The number of hydrogen-bond donors (Lipinski definition) is 1. The second kappa shape index (κ2) is 7.29. The van der Waals surface area contributed by atoms with E-state index < -0.39 is 4.92 Å². The number of nitrogens with zero attached hydrogens (tertiary/aromatic N) is 1. The molecule has 1 aromatic carbocycles. The first-order valence-corrected chi connectivity index (χ1v) is 8.72. The number of rotatable bonds is 7. The van der Waals surface area contributed by atoms with Crippen molar-refractivity contribution in [1.29, 1.82) is 0 Å². The number of ether oxygens (including phenoxy) is 2. The zero-order valence-electron chi connectivity index (χ0n) is 14.6. The molecule has 2 aliphatic carbocycles. The number of nitro groups is 1. The van der Waals surface area contributed by atoms with Gasteiger partial charge in [-0.05, 0) is 56.1 Å². The summed E-state index contributed by atoms with van der Waals surface area (Å²) in [5.41, 5.74) is -0.215. The molecule has 1 N–H and O–H groups in total. The van der Waals surface area contributed by atoms with E-state index in [4.69, 9.17) is 9.47 Å². The van der Waals surface area contributed by atoms with E-state index in [1.807, 2.05) is 6.92 Å². The topological polar surface area (TPSA) is 90.7 Å². The molecule has 2 bridgehead atoms. The van der Waals surface area contributed by atoms with Gasteiger partial charge < -0.3 is 14.8 Å². The molecule has 2 saturated carbocycles. The fourth-order valence-electron chi connectivity index (χ4n) is 4.34. The van der Waals surface area contributed by atoms with E-state index in [2.05, 4.69) is 5.32 Å². The highest BCUT2D eigenvalue weighted by Gasteiger charge is 2.42. The molecular formula is C18H24N2O5. The summed E-state index contributed by atoms with van der Waals surface area (Å²) in [7, 11) is 1.43. The van der Waals surface area contributed by atoms with Crippen molar-refractivity contribution in [2.75, 3.05) is 13.7 Å². The van der Waals surface area contributed by atoms with Gasteiger partial charge in [0.15, 0.2) is 12.4 Å². The van der Waals surface area contributed by atoms with Crippen LogP contribution in [-0.4, -0.2) is 30.6 Å². The van der Waals surface area contributed by atoms with Crippen LogP contribution in [-0.2, 0) is 4.79 Å². The van der Waals surface area contributed by atoms with Crippen molar-refractivity contribution in [3.05, 3.63) is 28.3 Å². The molecule has 25 heavy (non-hydrogen) atoms. The first kappa shape index (κ1) is 17.5. The maximum absolute atomic E-state index is 12.2. The Morgan fingerprint density at radius 3 is 2.80 bits per heavy atom. The van der Waals surface area contributed by atoms with Crippen LogP contribution in [0.25, 0.3) is 0 Å². The molecule has 7 nitrogen and oxygen atoms in total. The summed E-state index contributed by atoms with van der Waals surface area (Å²) >= 11 is 0. The molecule has 0 radical (unpaired) electrons. The molecule has 3 rings (SSSR count). The largest absolute Gasteiger partial charge is 0.496 e. The molecule has 0 spiro atoms. The summed E-state index contributed by atoms with van der Waals surface area (Å²) in [6.07, 6.45) is 5.08. The van der Waals surface area contributed by atoms with Gasteiger partial charge in [-0.25, -0.2) is 0 Å². The van der Waals surface area contributed by atoms with E-state index in [1.54, 1.807) is 6.07 Å². The predicted octanol–water partition coefficient (Wildman–Crippen LogP) is 2.92. The third-order valence-electron chi connectivity index (χ3n) is 5.55. The number of fused-ring (bicyclic) bond motifs is 2. The Morgan fingerprint density at radius 1 is 1.40 bits per heavy atom. The highest BCUT2D eigenvalue weighted by molar-refractivity contribution is 5.78. The van der Waals surface area contributed by atoms with Crippen LogP contribution < -0.4 is 14.8 Å². The van der Waals surface area contributed by atoms with Crippen molar-refractivity contribution in [3.8, 4) is 11.5 Å². The van der Waals surface area contributed by atoms with Crippen molar-refractivity contribution in [2.24, 2.45) is 17.8 Å². The smallest absolute Gasteiger partial charge is 0.314 e. The van der Waals surface area contributed by atoms with Crippen molar-refractivity contribution in [3.63, 3.8) is 0 Å². The molecule has 2 fully saturated rings. The quantitative estimate of drug-likeness (QED) is 0.604. The SMILES string of the molecule is COc1ccc(OCC(=O)NC(C)C2CC3CCC2C3)c([N+](=O)[O-])c1. The van der Waals surface area contributed by atoms with Crippen molar-refractivity contribution >= 4 is 11.6 Å². The van der Waals surface area contributed by atoms with Gasteiger partial charge in [0.1, 0.15) is 5.75 Å². The van der Waals surface area contributed by atoms with E-state index in [0.717, 1.165) is 11.8 Å².